The van der Waals surface area contributed by atoms with E-state index in [0.717, 1.165) is 36.6 Å². The second kappa shape index (κ2) is 7.53. The molecule has 1 amide bonds. The fourth-order valence-corrected chi connectivity index (χ4v) is 4.69. The van der Waals surface area contributed by atoms with Gasteiger partial charge >= 0.3 is 0 Å². The molecule has 0 saturated carbocycles. The van der Waals surface area contributed by atoms with Crippen molar-refractivity contribution in [1.29, 1.82) is 0 Å². The highest BCUT2D eigenvalue weighted by atomic mass is 19.1. The van der Waals surface area contributed by atoms with Crippen LogP contribution in [0.1, 0.15) is 13.8 Å². The minimum absolute atomic E-state index is 0.163. The molecule has 31 heavy (non-hydrogen) atoms. The summed E-state index contributed by atoms with van der Waals surface area (Å²) in [6.07, 6.45) is 0. The molecule has 0 aromatic heterocycles. The van der Waals surface area contributed by atoms with Gasteiger partial charge in [0.2, 0.25) is 0 Å². The second-order valence-corrected chi connectivity index (χ2v) is 8.46. The molecular formula is C23H26FN5O2. The first-order chi connectivity index (χ1) is 14.9. The van der Waals surface area contributed by atoms with E-state index in [-0.39, 0.29) is 24.4 Å². The van der Waals surface area contributed by atoms with Crippen LogP contribution in [0.4, 0.5) is 15.8 Å². The fourth-order valence-electron chi connectivity index (χ4n) is 4.69. The van der Waals surface area contributed by atoms with Crippen LogP contribution in [-0.4, -0.2) is 62.0 Å². The average Bonchev–Trinajstić information content (AvgIpc) is 2.75. The van der Waals surface area contributed by atoms with Crippen LogP contribution in [0.15, 0.2) is 41.5 Å². The van der Waals surface area contributed by atoms with Crippen molar-refractivity contribution in [2.75, 3.05) is 43.1 Å². The number of benzene rings is 2. The molecule has 0 radical (unpaired) electrons. The molecular weight excluding hydrogens is 397 g/mol. The Balaban J connectivity index is 1.70. The summed E-state index contributed by atoms with van der Waals surface area (Å²) in [5.74, 6) is 0.860. The Morgan fingerprint density at radius 1 is 1.13 bits per heavy atom. The molecule has 7 nitrogen and oxygen atoms in total. The van der Waals surface area contributed by atoms with E-state index in [1.165, 1.54) is 6.07 Å². The van der Waals surface area contributed by atoms with Gasteiger partial charge in [0.15, 0.2) is 5.84 Å². The Kier molecular flexibility index (Phi) is 4.81. The van der Waals surface area contributed by atoms with Crippen LogP contribution in [0.25, 0.3) is 11.1 Å². The lowest BCUT2D eigenvalue weighted by molar-refractivity contribution is -0.122. The molecule has 162 valence electrons. The zero-order chi connectivity index (χ0) is 21.7. The summed E-state index contributed by atoms with van der Waals surface area (Å²) in [4.78, 5) is 18.8. The first-order valence-electron chi connectivity index (χ1n) is 10.6. The SMILES string of the molecule is C[C@@H]1CN(C)CCN1c1cc2c(cc1-c1ccccc1F)OCC1=NNC(=O)[C@@H](C)N12. The van der Waals surface area contributed by atoms with Gasteiger partial charge in [-0.15, -0.1) is 0 Å². The molecule has 8 heteroatoms. The number of piperazine rings is 1. The van der Waals surface area contributed by atoms with E-state index in [4.69, 9.17) is 4.74 Å². The van der Waals surface area contributed by atoms with Crippen LogP contribution in [0, 0.1) is 5.82 Å². The maximum absolute atomic E-state index is 14.8. The average molecular weight is 423 g/mol. The smallest absolute Gasteiger partial charge is 0.262 e. The molecule has 2 atom stereocenters. The molecule has 0 unspecified atom stereocenters. The van der Waals surface area contributed by atoms with E-state index < -0.39 is 6.04 Å². The summed E-state index contributed by atoms with van der Waals surface area (Å²) in [6.45, 7) is 6.94. The van der Waals surface area contributed by atoms with Crippen molar-refractivity contribution < 1.29 is 13.9 Å². The predicted octanol–water partition coefficient (Wildman–Crippen LogP) is 2.66. The van der Waals surface area contributed by atoms with Gasteiger partial charge in [0, 0.05) is 42.5 Å². The van der Waals surface area contributed by atoms with Crippen molar-refractivity contribution in [2.24, 2.45) is 5.10 Å². The topological polar surface area (TPSA) is 60.4 Å². The third-order valence-electron chi connectivity index (χ3n) is 6.34. The van der Waals surface area contributed by atoms with Crippen LogP contribution < -0.4 is 20.0 Å². The lowest BCUT2D eigenvalue weighted by atomic mass is 9.98. The summed E-state index contributed by atoms with van der Waals surface area (Å²) in [5.41, 5.74) is 5.62. The second-order valence-electron chi connectivity index (χ2n) is 8.46. The van der Waals surface area contributed by atoms with Gasteiger partial charge < -0.3 is 19.4 Å². The van der Waals surface area contributed by atoms with E-state index in [1.807, 2.05) is 30.0 Å². The lowest BCUT2D eigenvalue weighted by Gasteiger charge is -2.43. The molecule has 2 aromatic rings. The van der Waals surface area contributed by atoms with Crippen molar-refractivity contribution in [3.8, 4) is 16.9 Å². The van der Waals surface area contributed by atoms with Gasteiger partial charge in [0.1, 0.15) is 24.2 Å². The maximum Gasteiger partial charge on any atom is 0.262 e. The third-order valence-corrected chi connectivity index (χ3v) is 6.34. The van der Waals surface area contributed by atoms with Crippen LogP contribution in [0.5, 0.6) is 5.75 Å². The molecule has 1 fully saturated rings. The number of carbonyl (C=O) groups excluding carboxylic acids is 1. The van der Waals surface area contributed by atoms with Crippen molar-refractivity contribution >= 4 is 23.1 Å². The Hall–Kier alpha value is -3.13. The third kappa shape index (κ3) is 3.31. The van der Waals surface area contributed by atoms with E-state index in [2.05, 4.69) is 34.3 Å². The number of rotatable bonds is 2. The Labute approximate surface area is 181 Å². The molecule has 0 bridgehead atoms. The van der Waals surface area contributed by atoms with Gasteiger partial charge in [-0.05, 0) is 39.1 Å². The van der Waals surface area contributed by atoms with E-state index in [1.54, 1.807) is 12.1 Å². The first-order valence-corrected chi connectivity index (χ1v) is 10.6. The van der Waals surface area contributed by atoms with Crippen molar-refractivity contribution in [2.45, 2.75) is 25.9 Å². The zero-order valence-corrected chi connectivity index (χ0v) is 17.9. The summed E-state index contributed by atoms with van der Waals surface area (Å²) in [7, 11) is 2.11. The normalized spacial score (nSPS) is 23.5. The molecule has 0 spiro atoms. The number of likely N-dealkylation sites (N-methyl/N-ethyl adjacent to an activating group) is 1. The van der Waals surface area contributed by atoms with Gasteiger partial charge in [0.25, 0.3) is 5.91 Å². The quantitative estimate of drug-likeness (QED) is 0.805. The largest absolute Gasteiger partial charge is 0.483 e. The Morgan fingerprint density at radius 2 is 1.94 bits per heavy atom. The molecule has 3 aliphatic heterocycles. The maximum atomic E-state index is 14.8. The van der Waals surface area contributed by atoms with Gasteiger partial charge in [0.05, 0.1) is 5.69 Å². The minimum Gasteiger partial charge on any atom is -0.483 e. The van der Waals surface area contributed by atoms with Crippen molar-refractivity contribution in [1.82, 2.24) is 10.3 Å². The Bertz CT molecular complexity index is 1070. The van der Waals surface area contributed by atoms with Crippen LogP contribution in [-0.2, 0) is 4.79 Å². The van der Waals surface area contributed by atoms with Crippen LogP contribution in [0.3, 0.4) is 0 Å². The number of halogens is 1. The molecule has 5 rings (SSSR count). The minimum atomic E-state index is -0.410. The predicted molar refractivity (Wildman–Crippen MR) is 119 cm³/mol. The molecule has 1 saturated heterocycles. The highest BCUT2D eigenvalue weighted by molar-refractivity contribution is 6.10. The van der Waals surface area contributed by atoms with E-state index in [0.29, 0.717) is 17.1 Å². The number of amidine groups is 1. The van der Waals surface area contributed by atoms with Crippen molar-refractivity contribution in [3.05, 3.63) is 42.2 Å². The number of hydrazone groups is 1. The van der Waals surface area contributed by atoms with Gasteiger partial charge in [-0.3, -0.25) is 4.79 Å². The number of nitrogens with zero attached hydrogens (tertiary/aromatic N) is 4. The number of amides is 1. The van der Waals surface area contributed by atoms with Crippen molar-refractivity contribution in [3.63, 3.8) is 0 Å². The lowest BCUT2D eigenvalue weighted by Crippen LogP contribution is -2.55. The van der Waals surface area contributed by atoms with Gasteiger partial charge in [-0.25, -0.2) is 9.82 Å². The number of fused-ring (bicyclic) bond motifs is 3. The number of anilines is 2. The number of hydrogen-bond donors (Lipinski definition) is 1. The highest BCUT2D eigenvalue weighted by Crippen LogP contribution is 2.45. The van der Waals surface area contributed by atoms with Gasteiger partial charge in [-0.1, -0.05) is 18.2 Å². The highest BCUT2D eigenvalue weighted by Gasteiger charge is 2.37. The molecule has 0 aliphatic carbocycles. The van der Waals surface area contributed by atoms with Crippen LogP contribution in [0.2, 0.25) is 0 Å². The number of hydrogen-bond acceptors (Lipinski definition) is 6. The number of nitrogens with one attached hydrogen (secondary N) is 1. The summed E-state index contributed by atoms with van der Waals surface area (Å²) in [6, 6.07) is 10.6. The fraction of sp³-hybridized carbons (Fsp3) is 0.391. The summed E-state index contributed by atoms with van der Waals surface area (Å²) < 4.78 is 20.8. The number of carbonyl (C=O) groups is 1. The monoisotopic (exact) mass is 423 g/mol. The molecule has 2 aromatic carbocycles. The molecule has 3 heterocycles. The number of ether oxygens (including phenoxy) is 1. The zero-order valence-electron chi connectivity index (χ0n) is 17.9. The summed E-state index contributed by atoms with van der Waals surface area (Å²) in [5, 5.41) is 4.18. The van der Waals surface area contributed by atoms with E-state index >= 15 is 0 Å². The van der Waals surface area contributed by atoms with Crippen LogP contribution >= 0.6 is 0 Å². The standard InChI is InChI=1S/C23H26FN5O2/c1-14-12-27(3)8-9-28(14)19-11-20-21(10-17(19)16-6-4-5-7-18(16)24)31-13-22-25-26-23(30)15(2)29(20)22/h4-7,10-11,14-15H,8-9,12-13H2,1-3H3,(H,26,30)/t14-,15-/m1/s1. The first kappa shape index (κ1) is 19.8. The van der Waals surface area contributed by atoms with E-state index in [9.17, 15) is 9.18 Å². The summed E-state index contributed by atoms with van der Waals surface area (Å²) >= 11 is 0. The molecule has 3 aliphatic rings. The molecule has 1 N–H and O–H groups in total. The Morgan fingerprint density at radius 3 is 2.71 bits per heavy atom. The van der Waals surface area contributed by atoms with Gasteiger partial charge in [-0.2, -0.15) is 5.10 Å².